The Morgan fingerprint density at radius 1 is 1.05 bits per heavy atom. The molecule has 1 radical (unpaired) electrons. The van der Waals surface area contributed by atoms with Crippen molar-refractivity contribution in [1.82, 2.24) is 5.06 Å². The van der Waals surface area contributed by atoms with Gasteiger partial charge in [-0.2, -0.15) is 0 Å². The number of piperidine rings is 1. The van der Waals surface area contributed by atoms with E-state index in [1.807, 2.05) is 27.7 Å². The molecule has 0 saturated carbocycles. The van der Waals surface area contributed by atoms with Gasteiger partial charge in [-0.25, -0.2) is 4.79 Å². The van der Waals surface area contributed by atoms with Crippen LogP contribution in [0, 0.1) is 0 Å². The highest BCUT2D eigenvalue weighted by molar-refractivity contribution is 5.87. The van der Waals surface area contributed by atoms with Crippen molar-refractivity contribution in [2.45, 2.75) is 58.0 Å². The summed E-state index contributed by atoms with van der Waals surface area (Å²) in [6, 6.07) is 8.30. The van der Waals surface area contributed by atoms with Crippen LogP contribution in [0.5, 0.6) is 0 Å². The standard InChI is InChI=1S/C9H18NO.C7H6O2/c1-8(2)6-5-7-9(3,4)10(8)11;8-7(9)6-4-2-1-3-5-6/h5-7H2,1-4H3;1-5H,(H,8,9). The van der Waals surface area contributed by atoms with E-state index in [1.54, 1.807) is 30.3 Å². The van der Waals surface area contributed by atoms with E-state index in [1.165, 1.54) is 11.5 Å². The number of hydroxylamine groups is 2. The van der Waals surface area contributed by atoms with Crippen LogP contribution in [0.25, 0.3) is 0 Å². The van der Waals surface area contributed by atoms with Crippen molar-refractivity contribution >= 4 is 5.97 Å². The van der Waals surface area contributed by atoms with Crippen LogP contribution in [0.4, 0.5) is 0 Å². The van der Waals surface area contributed by atoms with Crippen molar-refractivity contribution in [3.8, 4) is 0 Å². The van der Waals surface area contributed by atoms with Crippen LogP contribution in [0.3, 0.4) is 0 Å². The fraction of sp³-hybridized carbons (Fsp3) is 0.562. The highest BCUT2D eigenvalue weighted by Gasteiger charge is 2.41. The summed E-state index contributed by atoms with van der Waals surface area (Å²) in [4.78, 5) is 10.2. The Hall–Kier alpha value is -1.39. The van der Waals surface area contributed by atoms with Crippen LogP contribution in [0.15, 0.2) is 30.3 Å². The fourth-order valence-electron chi connectivity index (χ4n) is 2.56. The summed E-state index contributed by atoms with van der Waals surface area (Å²) < 4.78 is 0. The van der Waals surface area contributed by atoms with Crippen LogP contribution >= 0.6 is 0 Å². The molecule has 4 nitrogen and oxygen atoms in total. The normalized spacial score (nSPS) is 20.6. The molecular weight excluding hydrogens is 254 g/mol. The Kier molecular flexibility index (Phi) is 5.31. The minimum absolute atomic E-state index is 0.151. The lowest BCUT2D eigenvalue weighted by molar-refractivity contribution is -0.286. The first-order valence-electron chi connectivity index (χ1n) is 6.93. The average Bonchev–Trinajstić information content (AvgIpc) is 2.37. The monoisotopic (exact) mass is 278 g/mol. The van der Waals surface area contributed by atoms with Crippen molar-refractivity contribution in [2.24, 2.45) is 0 Å². The van der Waals surface area contributed by atoms with Gasteiger partial charge in [0.1, 0.15) is 0 Å². The molecule has 0 bridgehead atoms. The number of carboxylic acid groups (broad SMARTS) is 1. The summed E-state index contributed by atoms with van der Waals surface area (Å²) in [6.45, 7) is 8.11. The van der Waals surface area contributed by atoms with Gasteiger partial charge < -0.3 is 5.11 Å². The van der Waals surface area contributed by atoms with Gasteiger partial charge in [0.2, 0.25) is 0 Å². The summed E-state index contributed by atoms with van der Waals surface area (Å²) in [5, 5.41) is 21.3. The SMILES string of the molecule is CC1(C)CCCC(C)(C)N1[O].O=C(O)c1ccccc1. The Labute approximate surface area is 121 Å². The number of hydrogen-bond acceptors (Lipinski definition) is 2. The molecule has 0 aliphatic carbocycles. The molecule has 4 heteroatoms. The Morgan fingerprint density at radius 2 is 1.50 bits per heavy atom. The number of nitrogens with zero attached hydrogens (tertiary/aromatic N) is 1. The molecule has 1 aromatic rings. The number of carbonyl (C=O) groups is 1. The predicted octanol–water partition coefficient (Wildman–Crippen LogP) is 3.76. The fourth-order valence-corrected chi connectivity index (χ4v) is 2.56. The zero-order valence-corrected chi connectivity index (χ0v) is 12.7. The molecule has 0 spiro atoms. The number of aromatic carboxylic acids is 1. The maximum atomic E-state index is 11.7. The molecule has 2 rings (SSSR count). The minimum Gasteiger partial charge on any atom is -0.478 e. The van der Waals surface area contributed by atoms with Crippen LogP contribution < -0.4 is 0 Å². The summed E-state index contributed by atoms with van der Waals surface area (Å²) in [7, 11) is 0. The molecule has 0 atom stereocenters. The van der Waals surface area contributed by atoms with Crippen molar-refractivity contribution < 1.29 is 15.1 Å². The number of hydrogen-bond donors (Lipinski definition) is 1. The van der Waals surface area contributed by atoms with E-state index in [-0.39, 0.29) is 11.1 Å². The van der Waals surface area contributed by atoms with Gasteiger partial charge in [0.05, 0.1) is 5.56 Å². The molecule has 20 heavy (non-hydrogen) atoms. The predicted molar refractivity (Wildman–Crippen MR) is 77.9 cm³/mol. The molecule has 0 unspecified atom stereocenters. The third kappa shape index (κ3) is 4.32. The van der Waals surface area contributed by atoms with E-state index in [9.17, 15) is 10.0 Å². The maximum absolute atomic E-state index is 11.7. The second kappa shape index (κ2) is 6.37. The molecule has 1 heterocycles. The van der Waals surface area contributed by atoms with Crippen LogP contribution in [0.1, 0.15) is 57.3 Å². The minimum atomic E-state index is -0.879. The molecular formula is C16H24NO3. The maximum Gasteiger partial charge on any atom is 0.335 e. The molecule has 111 valence electrons. The first-order valence-corrected chi connectivity index (χ1v) is 6.93. The van der Waals surface area contributed by atoms with Crippen molar-refractivity contribution in [3.05, 3.63) is 35.9 Å². The van der Waals surface area contributed by atoms with Gasteiger partial charge in [0.15, 0.2) is 0 Å². The van der Waals surface area contributed by atoms with Gasteiger partial charge in [0, 0.05) is 11.1 Å². The van der Waals surface area contributed by atoms with Gasteiger partial charge in [-0.1, -0.05) is 18.2 Å². The van der Waals surface area contributed by atoms with E-state index in [2.05, 4.69) is 0 Å². The smallest absolute Gasteiger partial charge is 0.335 e. The summed E-state index contributed by atoms with van der Waals surface area (Å²) in [5.74, 6) is -0.879. The zero-order valence-electron chi connectivity index (χ0n) is 12.7. The average molecular weight is 278 g/mol. The van der Waals surface area contributed by atoms with Gasteiger partial charge in [-0.05, 0) is 59.1 Å². The molecule has 1 N–H and O–H groups in total. The van der Waals surface area contributed by atoms with Crippen LogP contribution in [-0.2, 0) is 5.21 Å². The lowest BCUT2D eigenvalue weighted by atomic mass is 9.82. The number of rotatable bonds is 1. The first kappa shape index (κ1) is 16.7. The van der Waals surface area contributed by atoms with Crippen LogP contribution in [0.2, 0.25) is 0 Å². The first-order chi connectivity index (χ1) is 9.17. The Morgan fingerprint density at radius 3 is 1.80 bits per heavy atom. The molecule has 1 aliphatic heterocycles. The summed E-state index contributed by atoms with van der Waals surface area (Å²) in [6.07, 6.45) is 3.23. The van der Waals surface area contributed by atoms with Crippen molar-refractivity contribution in [2.75, 3.05) is 0 Å². The lowest BCUT2D eigenvalue weighted by Gasteiger charge is -2.46. The highest BCUT2D eigenvalue weighted by atomic mass is 16.5. The Balaban J connectivity index is 0.000000204. The number of carboxylic acids is 1. The van der Waals surface area contributed by atoms with E-state index in [4.69, 9.17) is 5.11 Å². The van der Waals surface area contributed by atoms with E-state index >= 15 is 0 Å². The summed E-state index contributed by atoms with van der Waals surface area (Å²) in [5.41, 5.74) is 0.0289. The van der Waals surface area contributed by atoms with E-state index in [0.717, 1.165) is 12.8 Å². The topological polar surface area (TPSA) is 60.4 Å². The molecule has 1 aromatic carbocycles. The quantitative estimate of drug-likeness (QED) is 0.850. The van der Waals surface area contributed by atoms with Crippen molar-refractivity contribution in [3.63, 3.8) is 0 Å². The van der Waals surface area contributed by atoms with E-state index < -0.39 is 5.97 Å². The summed E-state index contributed by atoms with van der Waals surface area (Å²) >= 11 is 0. The molecule has 0 aromatic heterocycles. The van der Waals surface area contributed by atoms with Crippen LogP contribution in [-0.4, -0.2) is 27.2 Å². The van der Waals surface area contributed by atoms with Crippen molar-refractivity contribution in [1.29, 1.82) is 0 Å². The molecule has 1 saturated heterocycles. The largest absolute Gasteiger partial charge is 0.478 e. The van der Waals surface area contributed by atoms with E-state index in [0.29, 0.717) is 5.56 Å². The molecule has 1 fully saturated rings. The lowest BCUT2D eigenvalue weighted by Crippen LogP contribution is -2.55. The van der Waals surface area contributed by atoms with Gasteiger partial charge in [-0.15, -0.1) is 10.3 Å². The highest BCUT2D eigenvalue weighted by Crippen LogP contribution is 2.36. The third-order valence-electron chi connectivity index (χ3n) is 3.70. The number of benzene rings is 1. The van der Waals surface area contributed by atoms with Gasteiger partial charge >= 0.3 is 5.97 Å². The van der Waals surface area contributed by atoms with Gasteiger partial charge in [-0.3, -0.25) is 0 Å². The second-order valence-electron chi connectivity index (χ2n) is 6.44. The zero-order chi connectivity index (χ0) is 15.4. The van der Waals surface area contributed by atoms with Gasteiger partial charge in [0.25, 0.3) is 0 Å². The third-order valence-corrected chi connectivity index (χ3v) is 3.70. The molecule has 1 aliphatic rings. The molecule has 0 amide bonds. The second-order valence-corrected chi connectivity index (χ2v) is 6.44. The Bertz CT molecular complexity index is 424.